The smallest absolute Gasteiger partial charge is 0.239 e. The fourth-order valence-electron chi connectivity index (χ4n) is 3.96. The summed E-state index contributed by atoms with van der Waals surface area (Å²) >= 11 is 0. The molecule has 3 atom stereocenters. The Morgan fingerprint density at radius 3 is 2.47 bits per heavy atom. The van der Waals surface area contributed by atoms with E-state index in [-0.39, 0.29) is 58.7 Å². The standard InChI is InChI=1S/C22H39N5O3.2BrH/c1-15(2)11-24-21(29)10-20(28)19(9-17-7-5-4-6-8-17)26-22(30)18(23)14-27-13-16(3)12-25-27;;/h12-13,15,17-20,28H,4-11,14,23H2,1-3H3,(H,24,29)(H,26,30);2*1H/t18-,19-,20-;;/m0../s1. The third kappa shape index (κ3) is 11.2. The van der Waals surface area contributed by atoms with Crippen LogP contribution in [0.1, 0.15) is 64.4 Å². The van der Waals surface area contributed by atoms with Crippen LogP contribution in [-0.2, 0) is 16.1 Å². The maximum Gasteiger partial charge on any atom is 0.239 e. The zero-order valence-electron chi connectivity index (χ0n) is 19.5. The van der Waals surface area contributed by atoms with Crippen molar-refractivity contribution >= 4 is 45.8 Å². The van der Waals surface area contributed by atoms with Crippen LogP contribution < -0.4 is 16.4 Å². The number of nitrogens with zero attached hydrogens (tertiary/aromatic N) is 2. The van der Waals surface area contributed by atoms with E-state index in [0.717, 1.165) is 18.4 Å². The normalized spacial score (nSPS) is 16.9. The van der Waals surface area contributed by atoms with Gasteiger partial charge in [0.25, 0.3) is 0 Å². The molecule has 1 heterocycles. The second-order valence-electron chi connectivity index (χ2n) is 9.17. The van der Waals surface area contributed by atoms with Gasteiger partial charge in [-0.05, 0) is 30.7 Å². The highest BCUT2D eigenvalue weighted by Gasteiger charge is 2.29. The van der Waals surface area contributed by atoms with Crippen molar-refractivity contribution in [3.63, 3.8) is 0 Å². The minimum atomic E-state index is -0.942. The minimum absolute atomic E-state index is 0. The average molecular weight is 583 g/mol. The first kappa shape index (κ1) is 31.0. The number of rotatable bonds is 11. The predicted octanol–water partition coefficient (Wildman–Crippen LogP) is 2.65. The van der Waals surface area contributed by atoms with Gasteiger partial charge < -0.3 is 21.5 Å². The summed E-state index contributed by atoms with van der Waals surface area (Å²) in [7, 11) is 0. The summed E-state index contributed by atoms with van der Waals surface area (Å²) in [6.07, 6.45) is 9.02. The molecule has 1 aromatic heterocycles. The number of hydrogen-bond acceptors (Lipinski definition) is 5. The molecule has 1 aliphatic carbocycles. The molecule has 0 saturated heterocycles. The molecule has 0 spiro atoms. The van der Waals surface area contributed by atoms with Gasteiger partial charge in [0.1, 0.15) is 6.04 Å². The quantitative estimate of drug-likeness (QED) is 0.319. The number of nitrogens with one attached hydrogen (secondary N) is 2. The van der Waals surface area contributed by atoms with Crippen molar-refractivity contribution in [1.29, 1.82) is 0 Å². The molecule has 2 amide bonds. The van der Waals surface area contributed by atoms with E-state index in [2.05, 4.69) is 15.7 Å². The van der Waals surface area contributed by atoms with Crippen LogP contribution in [0.2, 0.25) is 0 Å². The summed E-state index contributed by atoms with van der Waals surface area (Å²) < 4.78 is 1.64. The van der Waals surface area contributed by atoms with E-state index in [1.165, 1.54) is 19.3 Å². The second-order valence-corrected chi connectivity index (χ2v) is 9.17. The maximum absolute atomic E-state index is 12.7. The van der Waals surface area contributed by atoms with Crippen molar-refractivity contribution in [2.24, 2.45) is 17.6 Å². The molecule has 32 heavy (non-hydrogen) atoms. The van der Waals surface area contributed by atoms with Crippen LogP contribution in [0.15, 0.2) is 12.4 Å². The topological polar surface area (TPSA) is 122 Å². The largest absolute Gasteiger partial charge is 0.390 e. The average Bonchev–Trinajstić information content (AvgIpc) is 3.11. The van der Waals surface area contributed by atoms with Crippen LogP contribution in [0.3, 0.4) is 0 Å². The number of aliphatic hydroxyl groups excluding tert-OH is 1. The van der Waals surface area contributed by atoms with Crippen molar-refractivity contribution in [2.75, 3.05) is 6.54 Å². The van der Waals surface area contributed by atoms with Gasteiger partial charge in [-0.1, -0.05) is 46.0 Å². The second kappa shape index (κ2) is 15.8. The highest BCUT2D eigenvalue weighted by molar-refractivity contribution is 8.93. The van der Waals surface area contributed by atoms with E-state index in [0.29, 0.717) is 24.8 Å². The number of halogens is 2. The lowest BCUT2D eigenvalue weighted by Crippen LogP contribution is -2.52. The number of aliphatic hydroxyl groups is 1. The van der Waals surface area contributed by atoms with Gasteiger partial charge in [0.2, 0.25) is 11.8 Å². The third-order valence-corrected chi connectivity index (χ3v) is 5.69. The molecule has 10 heteroatoms. The molecule has 5 N–H and O–H groups in total. The van der Waals surface area contributed by atoms with Gasteiger partial charge in [-0.2, -0.15) is 5.10 Å². The van der Waals surface area contributed by atoms with Gasteiger partial charge in [0.15, 0.2) is 0 Å². The predicted molar refractivity (Wildman–Crippen MR) is 137 cm³/mol. The Labute approximate surface area is 213 Å². The summed E-state index contributed by atoms with van der Waals surface area (Å²) in [5.41, 5.74) is 7.09. The fraction of sp³-hybridized carbons (Fsp3) is 0.773. The van der Waals surface area contributed by atoms with Gasteiger partial charge in [0.05, 0.1) is 31.3 Å². The summed E-state index contributed by atoms with van der Waals surface area (Å²) in [6, 6.07) is -1.27. The van der Waals surface area contributed by atoms with E-state index < -0.39 is 18.2 Å². The molecule has 1 aliphatic rings. The summed E-state index contributed by atoms with van der Waals surface area (Å²) in [5.74, 6) is 0.260. The van der Waals surface area contributed by atoms with Crippen LogP contribution in [0.25, 0.3) is 0 Å². The van der Waals surface area contributed by atoms with Crippen LogP contribution in [-0.4, -0.2) is 51.4 Å². The van der Waals surface area contributed by atoms with E-state index in [4.69, 9.17) is 5.73 Å². The Morgan fingerprint density at radius 2 is 1.91 bits per heavy atom. The Balaban J connectivity index is 0.00000480. The first-order chi connectivity index (χ1) is 14.2. The number of nitrogens with two attached hydrogens (primary N) is 1. The van der Waals surface area contributed by atoms with E-state index in [1.807, 2.05) is 27.0 Å². The van der Waals surface area contributed by atoms with E-state index >= 15 is 0 Å². The van der Waals surface area contributed by atoms with Crippen LogP contribution in [0.5, 0.6) is 0 Å². The molecular formula is C22H41Br2N5O3. The summed E-state index contributed by atoms with van der Waals surface area (Å²) in [5, 5.41) is 20.7. The van der Waals surface area contributed by atoms with Crippen molar-refractivity contribution < 1.29 is 14.7 Å². The summed E-state index contributed by atoms with van der Waals surface area (Å²) in [4.78, 5) is 24.9. The van der Waals surface area contributed by atoms with E-state index in [1.54, 1.807) is 10.9 Å². The highest BCUT2D eigenvalue weighted by Crippen LogP contribution is 2.28. The molecule has 2 rings (SSSR count). The highest BCUT2D eigenvalue weighted by atomic mass is 79.9. The van der Waals surface area contributed by atoms with Crippen molar-refractivity contribution in [3.8, 4) is 0 Å². The number of hydrogen-bond donors (Lipinski definition) is 4. The first-order valence-corrected chi connectivity index (χ1v) is 11.2. The molecule has 1 saturated carbocycles. The first-order valence-electron chi connectivity index (χ1n) is 11.2. The zero-order valence-corrected chi connectivity index (χ0v) is 22.9. The number of carbonyl (C=O) groups excluding carboxylic acids is 2. The molecule has 0 bridgehead atoms. The molecule has 0 unspecified atom stereocenters. The molecule has 0 radical (unpaired) electrons. The Kier molecular flexibility index (Phi) is 15.3. The van der Waals surface area contributed by atoms with E-state index in [9.17, 15) is 14.7 Å². The molecule has 1 aromatic rings. The molecule has 8 nitrogen and oxygen atoms in total. The lowest BCUT2D eigenvalue weighted by Gasteiger charge is -2.30. The Morgan fingerprint density at radius 1 is 1.25 bits per heavy atom. The molecular weight excluding hydrogens is 542 g/mol. The number of carbonyl (C=O) groups is 2. The maximum atomic E-state index is 12.7. The fourth-order valence-corrected chi connectivity index (χ4v) is 3.96. The zero-order chi connectivity index (χ0) is 22.1. The Hall–Kier alpha value is -0.970. The van der Waals surface area contributed by atoms with Gasteiger partial charge in [0, 0.05) is 12.7 Å². The van der Waals surface area contributed by atoms with Crippen LogP contribution in [0, 0.1) is 18.8 Å². The molecule has 0 aromatic carbocycles. The van der Waals surface area contributed by atoms with Gasteiger partial charge >= 0.3 is 0 Å². The number of aromatic nitrogens is 2. The molecule has 1 fully saturated rings. The lowest BCUT2D eigenvalue weighted by molar-refractivity contribution is -0.127. The van der Waals surface area contributed by atoms with Crippen molar-refractivity contribution in [3.05, 3.63) is 18.0 Å². The van der Waals surface area contributed by atoms with Crippen LogP contribution >= 0.6 is 34.0 Å². The monoisotopic (exact) mass is 581 g/mol. The third-order valence-electron chi connectivity index (χ3n) is 5.69. The SMILES string of the molecule is Br.Br.Cc1cnn(C[C@H](N)C(=O)N[C@@H](CC2CCCCC2)[C@@H](O)CC(=O)NCC(C)C)c1. The van der Waals surface area contributed by atoms with Gasteiger partial charge in [-0.25, -0.2) is 0 Å². The number of aryl methyl sites for hydroxylation is 1. The van der Waals surface area contributed by atoms with Crippen molar-refractivity contribution in [1.82, 2.24) is 20.4 Å². The number of amides is 2. The Bertz CT molecular complexity index is 680. The van der Waals surface area contributed by atoms with Crippen LogP contribution in [0.4, 0.5) is 0 Å². The van der Waals surface area contributed by atoms with Gasteiger partial charge in [-0.15, -0.1) is 34.0 Å². The van der Waals surface area contributed by atoms with Gasteiger partial charge in [-0.3, -0.25) is 14.3 Å². The minimum Gasteiger partial charge on any atom is -0.390 e. The molecule has 0 aliphatic heterocycles. The lowest BCUT2D eigenvalue weighted by atomic mass is 9.83. The molecule has 186 valence electrons. The van der Waals surface area contributed by atoms with Crippen molar-refractivity contribution in [2.45, 2.75) is 90.4 Å². The summed E-state index contributed by atoms with van der Waals surface area (Å²) in [6.45, 7) is 6.80.